The van der Waals surface area contributed by atoms with E-state index in [1.807, 2.05) is 6.92 Å². The smallest absolute Gasteiger partial charge is 0.144 e. The van der Waals surface area contributed by atoms with Crippen molar-refractivity contribution in [3.63, 3.8) is 0 Å². The van der Waals surface area contributed by atoms with E-state index < -0.39 is 0 Å². The third-order valence-electron chi connectivity index (χ3n) is 2.86. The zero-order valence-electron chi connectivity index (χ0n) is 8.28. The average Bonchev–Trinajstić information content (AvgIpc) is 2.55. The molecular weight excluding hydrogens is 172 g/mol. The van der Waals surface area contributed by atoms with Crippen molar-refractivity contribution in [1.29, 1.82) is 0 Å². The number of hydrogen-bond donors (Lipinski definition) is 0. The Morgan fingerprint density at radius 3 is 2.77 bits per heavy atom. The first kappa shape index (κ1) is 9.40. The molecule has 2 heterocycles. The highest BCUT2D eigenvalue weighted by Crippen LogP contribution is 2.41. The van der Waals surface area contributed by atoms with Gasteiger partial charge in [0.2, 0.25) is 0 Å². The molecule has 0 radical (unpaired) electrons. The summed E-state index contributed by atoms with van der Waals surface area (Å²) >= 11 is 0. The lowest BCUT2D eigenvalue weighted by Crippen LogP contribution is -2.45. The zero-order valence-corrected chi connectivity index (χ0v) is 8.28. The fraction of sp³-hybridized carbons (Fsp3) is 1.00. The van der Waals surface area contributed by atoms with Crippen LogP contribution in [0.15, 0.2) is 0 Å². The number of fused-ring (bicyclic) bond motifs is 2. The van der Waals surface area contributed by atoms with Crippen molar-refractivity contribution in [2.45, 2.75) is 30.8 Å². The summed E-state index contributed by atoms with van der Waals surface area (Å²) in [6, 6.07) is 0. The minimum Gasteiger partial charge on any atom is -0.381 e. The van der Waals surface area contributed by atoms with E-state index in [-0.39, 0.29) is 23.9 Å². The highest BCUT2D eigenvalue weighted by atomic mass is 16.7. The zero-order chi connectivity index (χ0) is 9.47. The van der Waals surface area contributed by atoms with Crippen LogP contribution in [-0.2, 0) is 18.9 Å². The summed E-state index contributed by atoms with van der Waals surface area (Å²) in [6.45, 7) is 3.12. The molecule has 0 aromatic carbocycles. The summed E-state index contributed by atoms with van der Waals surface area (Å²) in [7, 11) is 3.36. The number of ether oxygens (including phenoxy) is 4. The number of methoxy groups -OCH3 is 2. The van der Waals surface area contributed by atoms with Crippen LogP contribution >= 0.6 is 0 Å². The van der Waals surface area contributed by atoms with Crippen LogP contribution in [0.2, 0.25) is 0 Å². The third kappa shape index (κ3) is 1.21. The van der Waals surface area contributed by atoms with Gasteiger partial charge in [-0.1, -0.05) is 0 Å². The molecule has 4 nitrogen and oxygen atoms in total. The van der Waals surface area contributed by atoms with Crippen LogP contribution in [0.25, 0.3) is 0 Å². The SMILES string of the molecule is COC[C@]12CO[C@@H](C1OC)[C@H](C)O2. The molecule has 2 fully saturated rings. The Kier molecular flexibility index (Phi) is 2.32. The molecule has 0 N–H and O–H groups in total. The minimum atomic E-state index is -0.367. The molecule has 76 valence electrons. The molecule has 13 heavy (non-hydrogen) atoms. The molecule has 1 unspecified atom stereocenters. The monoisotopic (exact) mass is 188 g/mol. The van der Waals surface area contributed by atoms with Crippen molar-refractivity contribution in [2.75, 3.05) is 27.4 Å². The van der Waals surface area contributed by atoms with E-state index in [2.05, 4.69) is 0 Å². The molecule has 0 amide bonds. The van der Waals surface area contributed by atoms with Gasteiger partial charge in [0.05, 0.1) is 19.3 Å². The summed E-state index contributed by atoms with van der Waals surface area (Å²) in [6.07, 6.45) is 0.191. The van der Waals surface area contributed by atoms with Crippen LogP contribution in [0.4, 0.5) is 0 Å². The largest absolute Gasteiger partial charge is 0.381 e. The molecule has 2 aliphatic rings. The Labute approximate surface area is 78.1 Å². The average molecular weight is 188 g/mol. The van der Waals surface area contributed by atoms with Gasteiger partial charge in [-0.15, -0.1) is 0 Å². The molecule has 0 aromatic heterocycles. The third-order valence-corrected chi connectivity index (χ3v) is 2.86. The lowest BCUT2D eigenvalue weighted by Gasteiger charge is -2.29. The van der Waals surface area contributed by atoms with Crippen molar-refractivity contribution in [3.05, 3.63) is 0 Å². The molecule has 2 aliphatic heterocycles. The van der Waals surface area contributed by atoms with Crippen LogP contribution in [-0.4, -0.2) is 51.3 Å². The lowest BCUT2D eigenvalue weighted by atomic mass is 10.00. The first-order valence-corrected chi connectivity index (χ1v) is 4.54. The molecule has 0 spiro atoms. The van der Waals surface area contributed by atoms with Crippen LogP contribution in [0.5, 0.6) is 0 Å². The summed E-state index contributed by atoms with van der Waals surface area (Å²) in [4.78, 5) is 0. The Morgan fingerprint density at radius 1 is 1.46 bits per heavy atom. The molecule has 0 saturated carbocycles. The van der Waals surface area contributed by atoms with Crippen molar-refractivity contribution in [2.24, 2.45) is 0 Å². The van der Waals surface area contributed by atoms with E-state index in [0.29, 0.717) is 13.2 Å². The second-order valence-corrected chi connectivity index (χ2v) is 3.75. The van der Waals surface area contributed by atoms with Gasteiger partial charge in [-0.2, -0.15) is 0 Å². The minimum absolute atomic E-state index is 0.0162. The quantitative estimate of drug-likeness (QED) is 0.634. The Bertz CT molecular complexity index is 196. The van der Waals surface area contributed by atoms with Crippen molar-refractivity contribution in [3.8, 4) is 0 Å². The Morgan fingerprint density at radius 2 is 2.23 bits per heavy atom. The van der Waals surface area contributed by atoms with Crippen molar-refractivity contribution >= 4 is 0 Å². The number of rotatable bonds is 3. The Hall–Kier alpha value is -0.160. The van der Waals surface area contributed by atoms with E-state index in [1.54, 1.807) is 14.2 Å². The maximum Gasteiger partial charge on any atom is 0.144 e. The molecular formula is C9H16O4. The maximum atomic E-state index is 5.82. The molecule has 2 bridgehead atoms. The van der Waals surface area contributed by atoms with Crippen molar-refractivity contribution < 1.29 is 18.9 Å². The van der Waals surface area contributed by atoms with E-state index >= 15 is 0 Å². The van der Waals surface area contributed by atoms with E-state index in [4.69, 9.17) is 18.9 Å². The molecule has 0 aliphatic carbocycles. The van der Waals surface area contributed by atoms with Gasteiger partial charge in [-0.3, -0.25) is 0 Å². The second kappa shape index (κ2) is 3.20. The first-order valence-electron chi connectivity index (χ1n) is 4.54. The summed E-state index contributed by atoms with van der Waals surface area (Å²) in [5, 5.41) is 0. The van der Waals surface area contributed by atoms with Gasteiger partial charge in [0.15, 0.2) is 0 Å². The van der Waals surface area contributed by atoms with Crippen molar-refractivity contribution in [1.82, 2.24) is 0 Å². The maximum absolute atomic E-state index is 5.82. The fourth-order valence-electron chi connectivity index (χ4n) is 2.38. The van der Waals surface area contributed by atoms with Gasteiger partial charge >= 0.3 is 0 Å². The number of hydrogen-bond acceptors (Lipinski definition) is 4. The molecule has 2 saturated heterocycles. The Balaban J connectivity index is 2.17. The highest BCUT2D eigenvalue weighted by molar-refractivity contribution is 5.07. The molecule has 4 atom stereocenters. The fourth-order valence-corrected chi connectivity index (χ4v) is 2.38. The molecule has 0 aromatic rings. The van der Waals surface area contributed by atoms with Crippen LogP contribution in [0.3, 0.4) is 0 Å². The molecule has 4 heteroatoms. The van der Waals surface area contributed by atoms with Gasteiger partial charge < -0.3 is 18.9 Å². The van der Waals surface area contributed by atoms with Crippen LogP contribution < -0.4 is 0 Å². The van der Waals surface area contributed by atoms with Gasteiger partial charge in [0.25, 0.3) is 0 Å². The topological polar surface area (TPSA) is 36.9 Å². The highest BCUT2D eigenvalue weighted by Gasteiger charge is 2.60. The van der Waals surface area contributed by atoms with Gasteiger partial charge in [-0.25, -0.2) is 0 Å². The van der Waals surface area contributed by atoms with E-state index in [1.165, 1.54) is 0 Å². The first-order chi connectivity index (χ1) is 6.23. The predicted octanol–water partition coefficient (Wildman–Crippen LogP) is 0.204. The predicted molar refractivity (Wildman–Crippen MR) is 45.7 cm³/mol. The van der Waals surface area contributed by atoms with Gasteiger partial charge in [0.1, 0.15) is 17.8 Å². The normalized spacial score (nSPS) is 48.7. The molecule has 2 rings (SSSR count). The standard InChI is InChI=1S/C9H16O4/c1-6-7-8(11-3)9(13-6,4-10-2)5-12-7/h6-8H,4-5H2,1-3H3/t6-,7+,8?,9-/m0/s1. The van der Waals surface area contributed by atoms with E-state index in [9.17, 15) is 0 Å². The van der Waals surface area contributed by atoms with Gasteiger partial charge in [0, 0.05) is 14.2 Å². The second-order valence-electron chi connectivity index (χ2n) is 3.75. The summed E-state index contributed by atoms with van der Waals surface area (Å²) in [5.41, 5.74) is -0.367. The van der Waals surface area contributed by atoms with Crippen LogP contribution in [0.1, 0.15) is 6.92 Å². The van der Waals surface area contributed by atoms with Crippen LogP contribution in [0, 0.1) is 0 Å². The van der Waals surface area contributed by atoms with E-state index in [0.717, 1.165) is 0 Å². The summed E-state index contributed by atoms with van der Waals surface area (Å²) < 4.78 is 21.9. The van der Waals surface area contributed by atoms with Gasteiger partial charge in [-0.05, 0) is 6.92 Å². The lowest BCUT2D eigenvalue weighted by molar-refractivity contribution is -0.161. The summed E-state index contributed by atoms with van der Waals surface area (Å²) in [5.74, 6) is 0.